The van der Waals surface area contributed by atoms with Crippen LogP contribution in [-0.4, -0.2) is 16.1 Å². The van der Waals surface area contributed by atoms with Gasteiger partial charge in [-0.05, 0) is 41.8 Å². The van der Waals surface area contributed by atoms with Gasteiger partial charge in [0.2, 0.25) is 0 Å². The van der Waals surface area contributed by atoms with Crippen molar-refractivity contribution in [2.24, 2.45) is 0 Å². The number of rotatable bonds is 0. The number of nitrogens with one attached hydrogen (secondary N) is 1. The molecule has 4 rings (SSSR count). The maximum absolute atomic E-state index is 13.6. The summed E-state index contributed by atoms with van der Waals surface area (Å²) in [5, 5.41) is 4.29. The molecule has 0 spiro atoms. The van der Waals surface area contributed by atoms with Gasteiger partial charge in [-0.2, -0.15) is 0 Å². The molecule has 0 aliphatic carbocycles. The minimum Gasteiger partial charge on any atom is -0.312 e. The van der Waals surface area contributed by atoms with Crippen LogP contribution < -0.4 is 5.32 Å². The number of fused-ring (bicyclic) bond motifs is 3. The zero-order valence-electron chi connectivity index (χ0n) is 11.9. The summed E-state index contributed by atoms with van der Waals surface area (Å²) in [5.41, 5.74) is 4.16. The normalized spacial score (nSPS) is 13.5. The molecule has 3 heterocycles. The monoisotopic (exact) mass is 291 g/mol. The molecule has 0 saturated heterocycles. The summed E-state index contributed by atoms with van der Waals surface area (Å²) in [4.78, 5) is 4.07. The first-order chi connectivity index (χ1) is 10.8. The summed E-state index contributed by atoms with van der Waals surface area (Å²) in [5.74, 6) is 2.93. The van der Waals surface area contributed by atoms with Crippen LogP contribution in [0.25, 0.3) is 10.9 Å². The fourth-order valence-corrected chi connectivity index (χ4v) is 2.95. The molecule has 0 radical (unpaired) electrons. The number of pyridine rings is 1. The van der Waals surface area contributed by atoms with Crippen LogP contribution in [0.2, 0.25) is 0 Å². The lowest BCUT2D eigenvalue weighted by molar-refractivity contribution is 0.627. The SMILES string of the molecule is Fc1ccc2c(c1)c1c(n2C#Cc2cccnc2)CCNC1. The highest BCUT2D eigenvalue weighted by Crippen LogP contribution is 2.28. The molecule has 0 saturated carbocycles. The molecule has 0 amide bonds. The number of aromatic nitrogens is 2. The fourth-order valence-electron chi connectivity index (χ4n) is 2.95. The van der Waals surface area contributed by atoms with Gasteiger partial charge in [0.25, 0.3) is 0 Å². The van der Waals surface area contributed by atoms with Gasteiger partial charge in [0.15, 0.2) is 0 Å². The van der Waals surface area contributed by atoms with E-state index < -0.39 is 0 Å². The number of halogens is 1. The van der Waals surface area contributed by atoms with E-state index in [4.69, 9.17) is 0 Å². The van der Waals surface area contributed by atoms with E-state index in [0.29, 0.717) is 0 Å². The van der Waals surface area contributed by atoms with Gasteiger partial charge in [0, 0.05) is 54.6 Å². The summed E-state index contributed by atoms with van der Waals surface area (Å²) >= 11 is 0. The van der Waals surface area contributed by atoms with Crippen molar-refractivity contribution in [1.82, 2.24) is 14.9 Å². The third-order valence-electron chi connectivity index (χ3n) is 3.96. The van der Waals surface area contributed by atoms with E-state index in [1.807, 2.05) is 16.7 Å². The Balaban J connectivity index is 1.92. The van der Waals surface area contributed by atoms with Gasteiger partial charge in [-0.15, -0.1) is 0 Å². The molecular weight excluding hydrogens is 277 g/mol. The van der Waals surface area contributed by atoms with Crippen LogP contribution in [0.15, 0.2) is 42.7 Å². The van der Waals surface area contributed by atoms with Crippen LogP contribution in [0.1, 0.15) is 16.8 Å². The molecule has 4 heteroatoms. The Kier molecular flexibility index (Phi) is 3.14. The standard InChI is InChI=1S/C18H14FN3/c19-14-3-4-17-15(10-14)16-12-21-8-5-18(16)22(17)9-6-13-2-1-7-20-11-13/h1-4,7,10-11,21H,5,8,12H2. The number of nitrogens with zero attached hydrogens (tertiary/aromatic N) is 2. The van der Waals surface area contributed by atoms with Crippen LogP contribution in [0.3, 0.4) is 0 Å². The molecule has 0 unspecified atom stereocenters. The van der Waals surface area contributed by atoms with E-state index in [0.717, 1.165) is 41.5 Å². The number of hydrogen-bond donors (Lipinski definition) is 1. The second kappa shape index (κ2) is 5.28. The van der Waals surface area contributed by atoms with Crippen LogP contribution in [0, 0.1) is 17.8 Å². The van der Waals surface area contributed by atoms with E-state index >= 15 is 0 Å². The predicted octanol–water partition coefficient (Wildman–Crippen LogP) is 2.68. The van der Waals surface area contributed by atoms with E-state index in [-0.39, 0.29) is 5.82 Å². The third-order valence-corrected chi connectivity index (χ3v) is 3.96. The first-order valence-electron chi connectivity index (χ1n) is 7.27. The molecule has 1 aliphatic rings. The van der Waals surface area contributed by atoms with Crippen molar-refractivity contribution in [3.63, 3.8) is 0 Å². The van der Waals surface area contributed by atoms with Crippen molar-refractivity contribution >= 4 is 10.9 Å². The Bertz CT molecular complexity index is 901. The molecule has 0 atom stereocenters. The quantitative estimate of drug-likeness (QED) is 0.645. The summed E-state index contributed by atoms with van der Waals surface area (Å²) in [7, 11) is 0. The highest BCUT2D eigenvalue weighted by atomic mass is 19.1. The largest absolute Gasteiger partial charge is 0.312 e. The van der Waals surface area contributed by atoms with Crippen LogP contribution >= 0.6 is 0 Å². The Morgan fingerprint density at radius 2 is 2.23 bits per heavy atom. The van der Waals surface area contributed by atoms with Gasteiger partial charge < -0.3 is 5.32 Å². The maximum Gasteiger partial charge on any atom is 0.123 e. The second-order valence-corrected chi connectivity index (χ2v) is 5.33. The van der Waals surface area contributed by atoms with E-state index in [9.17, 15) is 4.39 Å². The Morgan fingerprint density at radius 3 is 3.09 bits per heavy atom. The fraction of sp³-hybridized carbons (Fsp3) is 0.167. The lowest BCUT2D eigenvalue weighted by Crippen LogP contribution is -2.24. The van der Waals surface area contributed by atoms with Gasteiger partial charge >= 0.3 is 0 Å². The molecule has 0 bridgehead atoms. The second-order valence-electron chi connectivity index (χ2n) is 5.33. The molecule has 2 aromatic heterocycles. The van der Waals surface area contributed by atoms with Gasteiger partial charge in [-0.3, -0.25) is 9.55 Å². The molecule has 1 N–H and O–H groups in total. The summed E-state index contributed by atoms with van der Waals surface area (Å²) < 4.78 is 15.6. The first-order valence-corrected chi connectivity index (χ1v) is 7.27. The zero-order chi connectivity index (χ0) is 14.9. The van der Waals surface area contributed by atoms with E-state index in [1.165, 1.54) is 11.8 Å². The first kappa shape index (κ1) is 13.1. The van der Waals surface area contributed by atoms with Crippen LogP contribution in [0.5, 0.6) is 0 Å². The number of hydrogen-bond acceptors (Lipinski definition) is 2. The minimum absolute atomic E-state index is 0.210. The molecule has 3 nitrogen and oxygen atoms in total. The summed E-state index contributed by atoms with van der Waals surface area (Å²) in [6.07, 6.45) is 4.37. The van der Waals surface area contributed by atoms with Gasteiger partial charge in [-0.1, -0.05) is 0 Å². The average molecular weight is 291 g/mol. The molecule has 0 fully saturated rings. The summed E-state index contributed by atoms with van der Waals surface area (Å²) in [6.45, 7) is 1.68. The third kappa shape index (κ3) is 2.16. The van der Waals surface area contributed by atoms with Crippen molar-refractivity contribution in [2.45, 2.75) is 13.0 Å². The molecule has 1 aliphatic heterocycles. The highest BCUT2D eigenvalue weighted by Gasteiger charge is 2.19. The van der Waals surface area contributed by atoms with Gasteiger partial charge in [0.1, 0.15) is 5.82 Å². The topological polar surface area (TPSA) is 29.9 Å². The molecule has 1 aromatic carbocycles. The lowest BCUT2D eigenvalue weighted by atomic mass is 10.1. The Labute approximate surface area is 127 Å². The van der Waals surface area contributed by atoms with E-state index in [1.54, 1.807) is 24.5 Å². The molecule has 22 heavy (non-hydrogen) atoms. The van der Waals surface area contributed by atoms with Crippen molar-refractivity contribution in [1.29, 1.82) is 0 Å². The van der Waals surface area contributed by atoms with E-state index in [2.05, 4.69) is 22.3 Å². The van der Waals surface area contributed by atoms with Crippen molar-refractivity contribution < 1.29 is 4.39 Å². The Morgan fingerprint density at radius 1 is 1.27 bits per heavy atom. The summed E-state index contributed by atoms with van der Waals surface area (Å²) in [6, 6.07) is 11.9. The molecular formula is C18H14FN3. The average Bonchev–Trinajstić information content (AvgIpc) is 2.87. The smallest absolute Gasteiger partial charge is 0.123 e. The predicted molar refractivity (Wildman–Crippen MR) is 83.8 cm³/mol. The molecule has 108 valence electrons. The zero-order valence-corrected chi connectivity index (χ0v) is 11.9. The lowest BCUT2D eigenvalue weighted by Gasteiger charge is -2.14. The Hall–Kier alpha value is -2.64. The van der Waals surface area contributed by atoms with Crippen molar-refractivity contribution in [3.8, 4) is 12.0 Å². The minimum atomic E-state index is -0.210. The maximum atomic E-state index is 13.6. The van der Waals surface area contributed by atoms with Gasteiger partial charge in [-0.25, -0.2) is 4.39 Å². The highest BCUT2D eigenvalue weighted by molar-refractivity contribution is 5.87. The van der Waals surface area contributed by atoms with Crippen molar-refractivity contribution in [3.05, 3.63) is 65.4 Å². The van der Waals surface area contributed by atoms with Crippen LogP contribution in [0.4, 0.5) is 4.39 Å². The van der Waals surface area contributed by atoms with Crippen LogP contribution in [-0.2, 0) is 13.0 Å². The van der Waals surface area contributed by atoms with Crippen molar-refractivity contribution in [2.75, 3.05) is 6.54 Å². The van der Waals surface area contributed by atoms with Gasteiger partial charge in [0.05, 0.1) is 5.52 Å². The number of benzene rings is 1. The molecule has 3 aromatic rings.